The summed E-state index contributed by atoms with van der Waals surface area (Å²) in [7, 11) is 0. The van der Waals surface area contributed by atoms with Crippen molar-refractivity contribution >= 4 is 5.97 Å². The molecule has 0 rings (SSSR count). The highest BCUT2D eigenvalue weighted by Crippen LogP contribution is 2.17. The van der Waals surface area contributed by atoms with Crippen molar-refractivity contribution in [2.45, 2.75) is 41.0 Å². The smallest absolute Gasteiger partial charge is 0.311 e. The van der Waals surface area contributed by atoms with Crippen LogP contribution in [0.3, 0.4) is 0 Å². The molecule has 0 radical (unpaired) electrons. The monoisotopic (exact) mass is 216 g/mol. The fourth-order valence-electron chi connectivity index (χ4n) is 1.26. The van der Waals surface area contributed by atoms with E-state index in [1.807, 2.05) is 34.6 Å². The van der Waals surface area contributed by atoms with Crippen molar-refractivity contribution in [1.82, 2.24) is 0 Å². The molecule has 15 heavy (non-hydrogen) atoms. The van der Waals surface area contributed by atoms with Crippen LogP contribution in [0.2, 0.25) is 0 Å². The van der Waals surface area contributed by atoms with E-state index in [-0.39, 0.29) is 18.5 Å². The largest absolute Gasteiger partial charge is 0.465 e. The van der Waals surface area contributed by atoms with Gasteiger partial charge in [-0.3, -0.25) is 4.79 Å². The summed E-state index contributed by atoms with van der Waals surface area (Å²) in [6, 6.07) is 0. The van der Waals surface area contributed by atoms with Gasteiger partial charge in [-0.2, -0.15) is 0 Å². The summed E-state index contributed by atoms with van der Waals surface area (Å²) >= 11 is 0. The fraction of sp³-hybridized carbons (Fsp3) is 0.917. The molecule has 0 fully saturated rings. The third-order valence-electron chi connectivity index (χ3n) is 2.23. The van der Waals surface area contributed by atoms with E-state index >= 15 is 0 Å². The van der Waals surface area contributed by atoms with E-state index in [0.717, 1.165) is 6.42 Å². The second-order valence-electron chi connectivity index (χ2n) is 5.48. The topological polar surface area (TPSA) is 46.5 Å². The Kier molecular flexibility index (Phi) is 5.88. The predicted molar refractivity (Wildman–Crippen MR) is 60.4 cm³/mol. The van der Waals surface area contributed by atoms with Gasteiger partial charge >= 0.3 is 5.97 Å². The zero-order valence-corrected chi connectivity index (χ0v) is 10.5. The van der Waals surface area contributed by atoms with E-state index in [4.69, 9.17) is 9.84 Å². The van der Waals surface area contributed by atoms with Crippen LogP contribution in [0, 0.1) is 17.3 Å². The molecule has 1 N–H and O–H groups in total. The zero-order valence-electron chi connectivity index (χ0n) is 10.5. The van der Waals surface area contributed by atoms with Crippen LogP contribution < -0.4 is 0 Å². The second-order valence-corrected chi connectivity index (χ2v) is 5.48. The van der Waals surface area contributed by atoms with Crippen molar-refractivity contribution in [3.05, 3.63) is 0 Å². The van der Waals surface area contributed by atoms with Gasteiger partial charge in [0, 0.05) is 6.61 Å². The number of carbonyl (C=O) groups excluding carboxylic acids is 1. The van der Waals surface area contributed by atoms with Crippen LogP contribution in [0.15, 0.2) is 0 Å². The molecule has 0 aromatic carbocycles. The molecule has 0 bridgehead atoms. The summed E-state index contributed by atoms with van der Waals surface area (Å²) < 4.78 is 5.19. The average molecular weight is 216 g/mol. The Morgan fingerprint density at radius 1 is 1.27 bits per heavy atom. The third-order valence-corrected chi connectivity index (χ3v) is 2.23. The molecule has 3 heteroatoms. The van der Waals surface area contributed by atoms with Gasteiger partial charge in [0.2, 0.25) is 0 Å². The molecule has 0 aliphatic heterocycles. The second kappa shape index (κ2) is 6.11. The van der Waals surface area contributed by atoms with Crippen LogP contribution in [0.5, 0.6) is 0 Å². The quantitative estimate of drug-likeness (QED) is 0.717. The van der Waals surface area contributed by atoms with Crippen molar-refractivity contribution in [3.63, 3.8) is 0 Å². The number of aliphatic hydroxyl groups is 1. The van der Waals surface area contributed by atoms with Gasteiger partial charge < -0.3 is 9.84 Å². The Balaban J connectivity index is 3.81. The van der Waals surface area contributed by atoms with Crippen molar-refractivity contribution in [3.8, 4) is 0 Å². The molecular formula is C12H24O3. The van der Waals surface area contributed by atoms with E-state index in [1.54, 1.807) is 0 Å². The van der Waals surface area contributed by atoms with Crippen LogP contribution >= 0.6 is 0 Å². The average Bonchev–Trinajstić information content (AvgIpc) is 2.12. The number of aliphatic hydroxyl groups excluding tert-OH is 1. The van der Waals surface area contributed by atoms with Crippen LogP contribution in [-0.2, 0) is 9.53 Å². The molecule has 0 aliphatic rings. The summed E-state index contributed by atoms with van der Waals surface area (Å²) in [5.41, 5.74) is -0.428. The molecule has 0 aromatic rings. The molecular weight excluding hydrogens is 192 g/mol. The van der Waals surface area contributed by atoms with Crippen molar-refractivity contribution in [1.29, 1.82) is 0 Å². The normalized spacial score (nSPS) is 15.9. The van der Waals surface area contributed by atoms with Gasteiger partial charge in [0.05, 0.1) is 12.0 Å². The summed E-state index contributed by atoms with van der Waals surface area (Å²) in [5, 5.41) is 8.88. The zero-order chi connectivity index (χ0) is 12.1. The van der Waals surface area contributed by atoms with E-state index in [9.17, 15) is 4.79 Å². The molecule has 90 valence electrons. The minimum atomic E-state index is -0.428. The highest BCUT2D eigenvalue weighted by Gasteiger charge is 2.23. The Morgan fingerprint density at radius 3 is 2.20 bits per heavy atom. The number of hydrogen-bond donors (Lipinski definition) is 1. The number of ether oxygens (including phenoxy) is 1. The van der Waals surface area contributed by atoms with Crippen molar-refractivity contribution in [2.75, 3.05) is 13.2 Å². The highest BCUT2D eigenvalue weighted by atomic mass is 16.5. The predicted octanol–water partition coefficient (Wildman–Crippen LogP) is 2.23. The highest BCUT2D eigenvalue weighted by molar-refractivity contribution is 5.75. The lowest BCUT2D eigenvalue weighted by Gasteiger charge is -2.20. The molecule has 0 saturated heterocycles. The van der Waals surface area contributed by atoms with Crippen LogP contribution in [0.25, 0.3) is 0 Å². The van der Waals surface area contributed by atoms with Crippen molar-refractivity contribution < 1.29 is 14.6 Å². The molecule has 0 spiro atoms. The summed E-state index contributed by atoms with van der Waals surface area (Å²) in [5.74, 6) is 0.415. The van der Waals surface area contributed by atoms with E-state index in [0.29, 0.717) is 12.5 Å². The van der Waals surface area contributed by atoms with Gasteiger partial charge in [-0.05, 0) is 39.0 Å². The van der Waals surface area contributed by atoms with Crippen molar-refractivity contribution in [2.24, 2.45) is 17.3 Å². The van der Waals surface area contributed by atoms with Gasteiger partial charge in [-0.15, -0.1) is 0 Å². The molecule has 0 saturated carbocycles. The number of carbonyl (C=O) groups is 1. The number of rotatable bonds is 5. The Morgan fingerprint density at radius 2 is 1.80 bits per heavy atom. The first kappa shape index (κ1) is 14.4. The SMILES string of the molecule is C[C@H](COC(=O)C(C)(C)C)C[C@@H](C)CO. The first-order valence-corrected chi connectivity index (χ1v) is 5.55. The van der Waals surface area contributed by atoms with Crippen LogP contribution in [0.4, 0.5) is 0 Å². The molecule has 3 nitrogen and oxygen atoms in total. The molecule has 0 aliphatic carbocycles. The van der Waals surface area contributed by atoms with Gasteiger partial charge in [0.1, 0.15) is 0 Å². The lowest BCUT2D eigenvalue weighted by molar-refractivity contribution is -0.154. The first-order valence-electron chi connectivity index (χ1n) is 5.55. The fourth-order valence-corrected chi connectivity index (χ4v) is 1.26. The number of esters is 1. The van der Waals surface area contributed by atoms with E-state index < -0.39 is 5.41 Å². The minimum absolute atomic E-state index is 0.161. The minimum Gasteiger partial charge on any atom is -0.465 e. The lowest BCUT2D eigenvalue weighted by Crippen LogP contribution is -2.25. The Labute approximate surface area is 92.8 Å². The van der Waals surface area contributed by atoms with E-state index in [2.05, 4.69) is 0 Å². The molecule has 0 aromatic heterocycles. The standard InChI is InChI=1S/C12H24O3/c1-9(7-13)6-10(2)8-15-11(14)12(3,4)5/h9-10,13H,6-8H2,1-5H3/t9-,10+/m1/s1. The summed E-state index contributed by atoms with van der Waals surface area (Å²) in [6.07, 6.45) is 0.883. The van der Waals surface area contributed by atoms with Gasteiger partial charge in [0.25, 0.3) is 0 Å². The Hall–Kier alpha value is -0.570. The van der Waals surface area contributed by atoms with E-state index in [1.165, 1.54) is 0 Å². The maximum atomic E-state index is 11.5. The molecule has 0 amide bonds. The van der Waals surface area contributed by atoms with Crippen LogP contribution in [-0.4, -0.2) is 24.3 Å². The Bertz CT molecular complexity index is 194. The third kappa shape index (κ3) is 6.50. The summed E-state index contributed by atoms with van der Waals surface area (Å²) in [6.45, 7) is 10.2. The first-order chi connectivity index (χ1) is 6.77. The lowest BCUT2D eigenvalue weighted by atomic mass is 9.96. The molecule has 0 unspecified atom stereocenters. The van der Waals surface area contributed by atoms with Crippen LogP contribution in [0.1, 0.15) is 41.0 Å². The van der Waals surface area contributed by atoms with Gasteiger partial charge in [-0.25, -0.2) is 0 Å². The molecule has 2 atom stereocenters. The molecule has 0 heterocycles. The maximum absolute atomic E-state index is 11.5. The van der Waals surface area contributed by atoms with Gasteiger partial charge in [0.15, 0.2) is 0 Å². The number of hydrogen-bond acceptors (Lipinski definition) is 3. The maximum Gasteiger partial charge on any atom is 0.311 e. The van der Waals surface area contributed by atoms with Gasteiger partial charge in [-0.1, -0.05) is 13.8 Å². The summed E-state index contributed by atoms with van der Waals surface area (Å²) in [4.78, 5) is 11.5.